The molecule has 0 saturated heterocycles. The van der Waals surface area contributed by atoms with Crippen LogP contribution in [-0.4, -0.2) is 60.7 Å². The molecule has 2 atom stereocenters. The van der Waals surface area contributed by atoms with Gasteiger partial charge in [0.25, 0.3) is 0 Å². The number of para-hydroxylation sites is 1. The van der Waals surface area contributed by atoms with Crippen molar-refractivity contribution in [2.24, 2.45) is 7.05 Å². The summed E-state index contributed by atoms with van der Waals surface area (Å²) in [6, 6.07) is 16.7. The normalized spacial score (nSPS) is 18.2. The Morgan fingerprint density at radius 2 is 1.95 bits per heavy atom. The van der Waals surface area contributed by atoms with E-state index < -0.39 is 10.8 Å². The summed E-state index contributed by atoms with van der Waals surface area (Å²) in [5.41, 5.74) is 5.06. The lowest BCUT2D eigenvalue weighted by Crippen LogP contribution is -2.37. The first-order valence-corrected chi connectivity index (χ1v) is 15.0. The predicted octanol–water partition coefficient (Wildman–Crippen LogP) is 5.68. The zero-order valence-electron chi connectivity index (χ0n) is 23.9. The Labute approximate surface area is 241 Å². The SMILES string of the molecule is CCOC(=O)CC(c1ccc(C)c(CN2C(C)COc3ccccc3S2(O)O)c1)c1cc(OC)c2c(c1)nnn2C. The third kappa shape index (κ3) is 5.62. The summed E-state index contributed by atoms with van der Waals surface area (Å²) in [6.07, 6.45) is 0.113. The Bertz CT molecular complexity index is 1570. The molecule has 10 nitrogen and oxygen atoms in total. The number of ether oxygens (including phenoxy) is 3. The topological polar surface area (TPSA) is 119 Å². The molecule has 0 aliphatic carbocycles. The van der Waals surface area contributed by atoms with E-state index in [9.17, 15) is 13.9 Å². The smallest absolute Gasteiger partial charge is 0.306 e. The predicted molar refractivity (Wildman–Crippen MR) is 157 cm³/mol. The molecule has 41 heavy (non-hydrogen) atoms. The van der Waals surface area contributed by atoms with Crippen molar-refractivity contribution in [3.63, 3.8) is 0 Å². The van der Waals surface area contributed by atoms with Crippen LogP contribution in [0.25, 0.3) is 11.0 Å². The van der Waals surface area contributed by atoms with Crippen molar-refractivity contribution < 1.29 is 28.1 Å². The number of rotatable bonds is 8. The molecule has 4 aromatic rings. The zero-order valence-corrected chi connectivity index (χ0v) is 24.7. The van der Waals surface area contributed by atoms with E-state index in [1.54, 1.807) is 48.3 Å². The maximum atomic E-state index is 12.8. The largest absolute Gasteiger partial charge is 0.494 e. The van der Waals surface area contributed by atoms with Gasteiger partial charge in [-0.2, -0.15) is 4.31 Å². The van der Waals surface area contributed by atoms with Crippen LogP contribution < -0.4 is 9.47 Å². The molecule has 0 saturated carbocycles. The molecule has 5 rings (SSSR count). The molecular formula is C30H36N4O6S. The molecule has 0 radical (unpaired) electrons. The van der Waals surface area contributed by atoms with Gasteiger partial charge in [0.05, 0.1) is 26.2 Å². The number of fused-ring (bicyclic) bond motifs is 2. The molecule has 2 unspecified atom stereocenters. The van der Waals surface area contributed by atoms with Crippen LogP contribution in [0.1, 0.15) is 48.4 Å². The van der Waals surface area contributed by atoms with Gasteiger partial charge < -0.3 is 14.2 Å². The number of nitrogens with zero attached hydrogens (tertiary/aromatic N) is 4. The molecular weight excluding hydrogens is 544 g/mol. The number of carbonyl (C=O) groups excluding carboxylic acids is 1. The number of hydrogen-bond donors (Lipinski definition) is 2. The van der Waals surface area contributed by atoms with Gasteiger partial charge in [-0.25, -0.2) is 4.68 Å². The molecule has 1 aliphatic heterocycles. The summed E-state index contributed by atoms with van der Waals surface area (Å²) in [6.45, 7) is 6.58. The lowest BCUT2D eigenvalue weighted by molar-refractivity contribution is -0.143. The number of aryl methyl sites for hydroxylation is 2. The highest BCUT2D eigenvalue weighted by atomic mass is 32.3. The van der Waals surface area contributed by atoms with Crippen LogP contribution in [0.15, 0.2) is 59.5 Å². The first-order chi connectivity index (χ1) is 19.6. The van der Waals surface area contributed by atoms with Crippen LogP contribution in [0.3, 0.4) is 0 Å². The highest BCUT2D eigenvalue weighted by molar-refractivity contribution is 8.22. The second kappa shape index (κ2) is 11.7. The van der Waals surface area contributed by atoms with Gasteiger partial charge in [-0.3, -0.25) is 13.9 Å². The van der Waals surface area contributed by atoms with Crippen LogP contribution >= 0.6 is 10.8 Å². The summed E-state index contributed by atoms with van der Waals surface area (Å²) in [7, 11) is 0.0729. The highest BCUT2D eigenvalue weighted by Crippen LogP contribution is 2.58. The van der Waals surface area contributed by atoms with Crippen LogP contribution in [-0.2, 0) is 23.1 Å². The summed E-state index contributed by atoms with van der Waals surface area (Å²) in [4.78, 5) is 13.2. The molecule has 1 aliphatic rings. The van der Waals surface area contributed by atoms with Crippen molar-refractivity contribution in [2.75, 3.05) is 20.3 Å². The Morgan fingerprint density at radius 3 is 2.71 bits per heavy atom. The molecule has 1 aromatic heterocycles. The molecule has 218 valence electrons. The standard InChI is InChI=1S/C30H36N4O6S/c1-6-39-29(35)16-24(22-14-25-30(27(15-22)38-5)33(4)32-31-25)21-12-11-19(2)23(13-21)17-34-20(3)18-40-26-9-7-8-10-28(26)41(34,36)37/h7-15,20,24,36-37H,6,16-18H2,1-5H3. The summed E-state index contributed by atoms with van der Waals surface area (Å²) >= 11 is 0. The Hall–Kier alpha value is -3.64. The number of methoxy groups -OCH3 is 1. The summed E-state index contributed by atoms with van der Waals surface area (Å²) < 4.78 is 43.3. The molecule has 0 bridgehead atoms. The van der Waals surface area contributed by atoms with Crippen LogP contribution in [0.2, 0.25) is 0 Å². The van der Waals surface area contributed by atoms with Gasteiger partial charge in [-0.1, -0.05) is 35.5 Å². The van der Waals surface area contributed by atoms with Gasteiger partial charge in [0.15, 0.2) is 0 Å². The van der Waals surface area contributed by atoms with E-state index in [1.165, 1.54) is 0 Å². The minimum Gasteiger partial charge on any atom is -0.494 e. The van der Waals surface area contributed by atoms with Gasteiger partial charge in [0.2, 0.25) is 0 Å². The van der Waals surface area contributed by atoms with Crippen molar-refractivity contribution in [2.45, 2.75) is 50.6 Å². The Kier molecular flexibility index (Phi) is 8.23. The lowest BCUT2D eigenvalue weighted by atomic mass is 9.86. The van der Waals surface area contributed by atoms with Gasteiger partial charge in [-0.05, 0) is 67.3 Å². The van der Waals surface area contributed by atoms with Gasteiger partial charge in [-0.15, -0.1) is 15.9 Å². The van der Waals surface area contributed by atoms with Crippen LogP contribution in [0.4, 0.5) is 0 Å². The third-order valence-corrected chi connectivity index (χ3v) is 9.60. The van der Waals surface area contributed by atoms with Crippen molar-refractivity contribution in [3.8, 4) is 11.5 Å². The fraction of sp³-hybridized carbons (Fsp3) is 0.367. The average molecular weight is 581 g/mol. The average Bonchev–Trinajstić information content (AvgIpc) is 3.30. The first kappa shape index (κ1) is 28.9. The number of esters is 1. The Morgan fingerprint density at radius 1 is 1.17 bits per heavy atom. The van der Waals surface area contributed by atoms with E-state index in [1.807, 2.05) is 50.2 Å². The summed E-state index contributed by atoms with van der Waals surface area (Å²) in [5.74, 6) is 0.411. The molecule has 0 fully saturated rings. The van der Waals surface area contributed by atoms with Crippen molar-refractivity contribution in [3.05, 3.63) is 76.9 Å². The van der Waals surface area contributed by atoms with E-state index in [0.29, 0.717) is 28.5 Å². The van der Waals surface area contributed by atoms with Crippen LogP contribution in [0.5, 0.6) is 11.5 Å². The highest BCUT2D eigenvalue weighted by Gasteiger charge is 2.36. The van der Waals surface area contributed by atoms with Crippen molar-refractivity contribution in [1.29, 1.82) is 0 Å². The van der Waals surface area contributed by atoms with Gasteiger partial charge in [0, 0.05) is 19.5 Å². The quantitative estimate of drug-likeness (QED) is 0.254. The first-order valence-electron chi connectivity index (χ1n) is 13.5. The van der Waals surface area contributed by atoms with Crippen molar-refractivity contribution >= 4 is 27.8 Å². The lowest BCUT2D eigenvalue weighted by Gasteiger charge is -2.44. The minimum atomic E-state index is -3.33. The van der Waals surface area contributed by atoms with E-state index in [2.05, 4.69) is 10.3 Å². The van der Waals surface area contributed by atoms with Gasteiger partial charge >= 0.3 is 5.97 Å². The fourth-order valence-electron chi connectivity index (χ4n) is 5.31. The maximum Gasteiger partial charge on any atom is 0.306 e. The molecule has 11 heteroatoms. The number of benzene rings is 3. The number of hydrogen-bond acceptors (Lipinski definition) is 9. The molecule has 3 aromatic carbocycles. The maximum absolute atomic E-state index is 12.8. The molecule has 0 spiro atoms. The fourth-order valence-corrected chi connectivity index (χ4v) is 7.10. The van der Waals surface area contributed by atoms with Crippen LogP contribution in [0, 0.1) is 6.92 Å². The third-order valence-electron chi connectivity index (χ3n) is 7.53. The number of carbonyl (C=O) groups is 1. The number of aromatic nitrogens is 3. The minimum absolute atomic E-state index is 0.113. The van der Waals surface area contributed by atoms with E-state index in [4.69, 9.17) is 14.2 Å². The Balaban J connectivity index is 1.56. The molecule has 2 heterocycles. The monoisotopic (exact) mass is 580 g/mol. The van der Waals surface area contributed by atoms with Gasteiger partial charge in [0.1, 0.15) is 34.0 Å². The summed E-state index contributed by atoms with van der Waals surface area (Å²) in [5, 5.41) is 8.42. The molecule has 2 N–H and O–H groups in total. The van der Waals surface area contributed by atoms with E-state index >= 15 is 0 Å². The molecule has 0 amide bonds. The van der Waals surface area contributed by atoms with E-state index in [0.717, 1.165) is 27.8 Å². The second-order valence-electron chi connectivity index (χ2n) is 10.3. The second-order valence-corrected chi connectivity index (χ2v) is 12.2. The van der Waals surface area contributed by atoms with E-state index in [-0.39, 0.29) is 37.5 Å². The zero-order chi connectivity index (χ0) is 29.3. The van der Waals surface area contributed by atoms with Crippen molar-refractivity contribution in [1.82, 2.24) is 19.3 Å².